The second kappa shape index (κ2) is 9.78. The second-order valence-corrected chi connectivity index (χ2v) is 7.08. The Kier molecular flexibility index (Phi) is 7.11. The molecular weight excluding hydrogens is 429 g/mol. The number of ether oxygens (including phenoxy) is 1. The van der Waals surface area contributed by atoms with Gasteiger partial charge in [0.25, 0.3) is 0 Å². The number of carbonyl (C=O) groups excluding carboxylic acids is 1. The summed E-state index contributed by atoms with van der Waals surface area (Å²) >= 11 is 5.24. The highest BCUT2D eigenvalue weighted by Crippen LogP contribution is 2.29. The topological polar surface area (TPSA) is 71.9 Å². The fraction of sp³-hybridized carbons (Fsp3) is 0.286. The largest absolute Gasteiger partial charge is 0.494 e. The van der Waals surface area contributed by atoms with Gasteiger partial charge in [-0.2, -0.15) is 18.3 Å². The number of alkyl halides is 3. The highest BCUT2D eigenvalue weighted by Gasteiger charge is 2.29. The number of aromatic nitrogens is 3. The minimum absolute atomic E-state index is 0.0368. The van der Waals surface area contributed by atoms with E-state index in [0.717, 1.165) is 23.4 Å². The summed E-state index contributed by atoms with van der Waals surface area (Å²) < 4.78 is 45.2. The summed E-state index contributed by atoms with van der Waals surface area (Å²) in [7, 11) is 0. The molecule has 2 N–H and O–H groups in total. The lowest BCUT2D eigenvalue weighted by Crippen LogP contribution is -2.29. The van der Waals surface area contributed by atoms with Gasteiger partial charge in [-0.3, -0.25) is 14.5 Å². The van der Waals surface area contributed by atoms with Gasteiger partial charge in [0, 0.05) is 12.1 Å². The summed E-state index contributed by atoms with van der Waals surface area (Å²) in [6.45, 7) is 2.71. The Balaban J connectivity index is 1.58. The quantitative estimate of drug-likeness (QED) is 0.500. The average molecular weight is 450 g/mol. The molecule has 1 amide bonds. The maximum absolute atomic E-state index is 12.6. The van der Waals surface area contributed by atoms with Crippen molar-refractivity contribution in [3.8, 4) is 17.1 Å². The molecule has 1 aromatic heterocycles. The van der Waals surface area contributed by atoms with Crippen molar-refractivity contribution < 1.29 is 22.7 Å². The van der Waals surface area contributed by atoms with Gasteiger partial charge in [-0.15, -0.1) is 0 Å². The number of hydrogen-bond donors (Lipinski definition) is 2. The molecule has 0 saturated carbocycles. The average Bonchev–Trinajstić information content (AvgIpc) is 3.09. The van der Waals surface area contributed by atoms with Gasteiger partial charge in [-0.1, -0.05) is 12.1 Å². The van der Waals surface area contributed by atoms with Crippen molar-refractivity contribution in [2.24, 2.45) is 0 Å². The molecule has 0 unspecified atom stereocenters. The first kappa shape index (κ1) is 22.5. The predicted octanol–water partition coefficient (Wildman–Crippen LogP) is 4.38. The van der Waals surface area contributed by atoms with Crippen LogP contribution in [0.2, 0.25) is 0 Å². The van der Waals surface area contributed by atoms with E-state index in [2.05, 4.69) is 15.5 Å². The number of nitrogens with one attached hydrogen (secondary N) is 2. The lowest BCUT2D eigenvalue weighted by molar-refractivity contribution is -0.137. The molecule has 6 nitrogen and oxygen atoms in total. The maximum Gasteiger partial charge on any atom is 0.416 e. The molecule has 0 fully saturated rings. The van der Waals surface area contributed by atoms with Gasteiger partial charge in [0.2, 0.25) is 5.91 Å². The van der Waals surface area contributed by atoms with Crippen LogP contribution in [0.25, 0.3) is 11.4 Å². The molecule has 3 aromatic rings. The van der Waals surface area contributed by atoms with Crippen LogP contribution in [0.1, 0.15) is 18.1 Å². The third-order valence-corrected chi connectivity index (χ3v) is 4.81. The molecule has 164 valence electrons. The summed E-state index contributed by atoms with van der Waals surface area (Å²) in [5, 5.41) is 9.65. The van der Waals surface area contributed by atoms with E-state index in [4.69, 9.17) is 17.0 Å². The van der Waals surface area contributed by atoms with Crippen molar-refractivity contribution in [2.45, 2.75) is 26.1 Å². The summed E-state index contributed by atoms with van der Waals surface area (Å²) in [5.74, 6) is 0.968. The Hall–Kier alpha value is -3.14. The minimum atomic E-state index is -4.36. The van der Waals surface area contributed by atoms with Crippen LogP contribution < -0.4 is 10.1 Å². The maximum atomic E-state index is 12.6. The second-order valence-electron chi connectivity index (χ2n) is 6.69. The Bertz CT molecular complexity index is 1070. The van der Waals surface area contributed by atoms with Crippen molar-refractivity contribution in [2.75, 3.05) is 13.2 Å². The molecule has 0 radical (unpaired) electrons. The van der Waals surface area contributed by atoms with E-state index < -0.39 is 11.7 Å². The summed E-state index contributed by atoms with van der Waals surface area (Å²) in [6.07, 6.45) is -3.95. The van der Waals surface area contributed by atoms with E-state index in [1.165, 1.54) is 12.1 Å². The van der Waals surface area contributed by atoms with Gasteiger partial charge in [0.1, 0.15) is 12.3 Å². The van der Waals surface area contributed by atoms with Crippen molar-refractivity contribution >= 4 is 18.1 Å². The molecule has 3 rings (SSSR count). The Morgan fingerprint density at radius 3 is 2.45 bits per heavy atom. The van der Waals surface area contributed by atoms with E-state index in [0.29, 0.717) is 29.2 Å². The van der Waals surface area contributed by atoms with Crippen LogP contribution in [-0.4, -0.2) is 33.8 Å². The Morgan fingerprint density at radius 1 is 1.16 bits per heavy atom. The molecule has 0 spiro atoms. The third kappa shape index (κ3) is 5.94. The van der Waals surface area contributed by atoms with Gasteiger partial charge < -0.3 is 10.1 Å². The third-order valence-electron chi connectivity index (χ3n) is 4.50. The summed E-state index contributed by atoms with van der Waals surface area (Å²) in [5.41, 5.74) is 0.771. The summed E-state index contributed by atoms with van der Waals surface area (Å²) in [4.78, 5) is 12.4. The molecule has 0 atom stereocenters. The van der Waals surface area contributed by atoms with Crippen molar-refractivity contribution in [3.63, 3.8) is 0 Å². The predicted molar refractivity (Wildman–Crippen MR) is 112 cm³/mol. The lowest BCUT2D eigenvalue weighted by atomic mass is 10.1. The first-order valence-electron chi connectivity index (χ1n) is 9.59. The van der Waals surface area contributed by atoms with Gasteiger partial charge in [0.15, 0.2) is 10.6 Å². The van der Waals surface area contributed by atoms with E-state index in [9.17, 15) is 18.0 Å². The van der Waals surface area contributed by atoms with Crippen LogP contribution in [0, 0.1) is 4.77 Å². The van der Waals surface area contributed by atoms with Crippen LogP contribution in [0.15, 0.2) is 48.5 Å². The Labute approximate surface area is 182 Å². The molecular formula is C21H21F3N4O2S. The molecule has 2 aromatic carbocycles. The van der Waals surface area contributed by atoms with E-state index in [-0.39, 0.29) is 19.0 Å². The van der Waals surface area contributed by atoms with Crippen LogP contribution in [0.4, 0.5) is 13.2 Å². The lowest BCUT2D eigenvalue weighted by Gasteiger charge is -2.10. The van der Waals surface area contributed by atoms with Crippen molar-refractivity contribution in [3.05, 3.63) is 64.4 Å². The molecule has 1 heterocycles. The number of aromatic amines is 1. The fourth-order valence-electron chi connectivity index (χ4n) is 2.96. The Morgan fingerprint density at radius 2 is 1.84 bits per heavy atom. The van der Waals surface area contributed by atoms with Crippen molar-refractivity contribution in [1.82, 2.24) is 20.1 Å². The molecule has 0 aliphatic carbocycles. The van der Waals surface area contributed by atoms with E-state index in [1.54, 1.807) is 4.57 Å². The van der Waals surface area contributed by atoms with Crippen LogP contribution in [0.3, 0.4) is 0 Å². The zero-order chi connectivity index (χ0) is 22.4. The van der Waals surface area contributed by atoms with Gasteiger partial charge in [-0.05, 0) is 67.5 Å². The number of amides is 1. The zero-order valence-corrected chi connectivity index (χ0v) is 17.5. The zero-order valence-electron chi connectivity index (χ0n) is 16.7. The smallest absolute Gasteiger partial charge is 0.416 e. The molecule has 0 saturated heterocycles. The highest BCUT2D eigenvalue weighted by atomic mass is 32.1. The normalized spacial score (nSPS) is 11.4. The highest BCUT2D eigenvalue weighted by molar-refractivity contribution is 7.71. The van der Waals surface area contributed by atoms with E-state index in [1.807, 2.05) is 31.2 Å². The number of benzene rings is 2. The molecule has 10 heteroatoms. The van der Waals surface area contributed by atoms with Gasteiger partial charge >= 0.3 is 6.18 Å². The number of carbonyl (C=O) groups is 1. The standard InChI is InChI=1S/C21H21F3N4O2S/c1-2-30-17-9-5-15(6-10-17)19-26-27-20(31)28(19)13-18(29)25-12-11-14-3-7-16(8-4-14)21(22,23)24/h3-10H,2,11-13H2,1H3,(H,25,29)(H,27,31). The van der Waals surface area contributed by atoms with Crippen LogP contribution in [-0.2, 0) is 23.9 Å². The fourth-order valence-corrected chi connectivity index (χ4v) is 3.15. The van der Waals surface area contributed by atoms with Gasteiger partial charge in [-0.25, -0.2) is 0 Å². The first-order valence-corrected chi connectivity index (χ1v) is 10.00. The minimum Gasteiger partial charge on any atom is -0.494 e. The molecule has 0 aliphatic heterocycles. The summed E-state index contributed by atoms with van der Waals surface area (Å²) in [6, 6.07) is 12.2. The van der Waals surface area contributed by atoms with Crippen LogP contribution in [0.5, 0.6) is 5.75 Å². The molecule has 31 heavy (non-hydrogen) atoms. The van der Waals surface area contributed by atoms with Crippen LogP contribution >= 0.6 is 12.2 Å². The van der Waals surface area contributed by atoms with Gasteiger partial charge in [0.05, 0.1) is 12.2 Å². The number of nitrogens with zero attached hydrogens (tertiary/aromatic N) is 2. The first-order chi connectivity index (χ1) is 14.8. The van der Waals surface area contributed by atoms with E-state index >= 15 is 0 Å². The number of H-pyrrole nitrogens is 1. The van der Waals surface area contributed by atoms with Crippen molar-refractivity contribution in [1.29, 1.82) is 0 Å². The molecule has 0 aliphatic rings. The SMILES string of the molecule is CCOc1ccc(-c2n[nH]c(=S)n2CC(=O)NCCc2ccc(C(F)(F)F)cc2)cc1. The number of rotatable bonds is 8. The number of halogens is 3. The molecule has 0 bridgehead atoms. The number of hydrogen-bond acceptors (Lipinski definition) is 4. The monoisotopic (exact) mass is 450 g/mol.